The average Bonchev–Trinajstić information content (AvgIpc) is 2.76. The second-order valence-electron chi connectivity index (χ2n) is 5.34. The van der Waals surface area contributed by atoms with Gasteiger partial charge in [0.25, 0.3) is 0 Å². The Bertz CT molecular complexity index is 727. The van der Waals surface area contributed by atoms with Gasteiger partial charge in [0.2, 0.25) is 10.0 Å². The predicted octanol–water partition coefficient (Wildman–Crippen LogP) is 0.544. The molecule has 1 heterocycles. The summed E-state index contributed by atoms with van der Waals surface area (Å²) in [6.45, 7) is 2.08. The molecule has 0 aliphatic carbocycles. The van der Waals surface area contributed by atoms with E-state index in [1.54, 1.807) is 6.07 Å². The summed E-state index contributed by atoms with van der Waals surface area (Å²) in [6, 6.07) is 4.65. The molecule has 8 heteroatoms. The minimum atomic E-state index is -3.66. The van der Waals surface area contributed by atoms with E-state index in [0.29, 0.717) is 12.1 Å². The van der Waals surface area contributed by atoms with Gasteiger partial charge in [0.15, 0.2) is 9.84 Å². The Morgan fingerprint density at radius 3 is 2.62 bits per heavy atom. The maximum Gasteiger partial charge on any atom is 0.240 e. The maximum atomic E-state index is 12.2. The standard InChI is InChI=1S/C13H20N2O4S2/c1-2-11-3-4-12(7-13(11)14)21(18,19)15-8-10-5-6-20(16,17)9-10/h3-4,7,10,15H,2,5-6,8-9,14H2,1H3. The van der Waals surface area contributed by atoms with Crippen molar-refractivity contribution in [2.75, 3.05) is 23.8 Å². The molecule has 0 aromatic heterocycles. The molecule has 118 valence electrons. The molecule has 1 aromatic carbocycles. The zero-order valence-electron chi connectivity index (χ0n) is 11.9. The van der Waals surface area contributed by atoms with Crippen molar-refractivity contribution < 1.29 is 16.8 Å². The monoisotopic (exact) mass is 332 g/mol. The number of hydrogen-bond acceptors (Lipinski definition) is 5. The van der Waals surface area contributed by atoms with E-state index in [0.717, 1.165) is 12.0 Å². The van der Waals surface area contributed by atoms with Crippen LogP contribution in [0.5, 0.6) is 0 Å². The van der Waals surface area contributed by atoms with Crippen molar-refractivity contribution in [2.24, 2.45) is 5.92 Å². The molecule has 1 aromatic rings. The van der Waals surface area contributed by atoms with Crippen LogP contribution in [-0.4, -0.2) is 34.9 Å². The summed E-state index contributed by atoms with van der Waals surface area (Å²) in [6.07, 6.45) is 1.24. The molecule has 0 bridgehead atoms. The lowest BCUT2D eigenvalue weighted by atomic mass is 10.1. The van der Waals surface area contributed by atoms with E-state index < -0.39 is 19.9 Å². The number of sulfonamides is 1. The zero-order valence-corrected chi connectivity index (χ0v) is 13.5. The molecular weight excluding hydrogens is 312 g/mol. The van der Waals surface area contributed by atoms with E-state index in [4.69, 9.17) is 5.73 Å². The molecule has 0 spiro atoms. The predicted molar refractivity (Wildman–Crippen MR) is 82.2 cm³/mol. The van der Waals surface area contributed by atoms with Crippen molar-refractivity contribution in [3.8, 4) is 0 Å². The highest BCUT2D eigenvalue weighted by molar-refractivity contribution is 7.91. The van der Waals surface area contributed by atoms with Gasteiger partial charge in [-0.3, -0.25) is 0 Å². The van der Waals surface area contributed by atoms with Crippen LogP contribution in [0.25, 0.3) is 0 Å². The van der Waals surface area contributed by atoms with Crippen LogP contribution >= 0.6 is 0 Å². The first-order valence-corrected chi connectivity index (χ1v) is 10.1. The van der Waals surface area contributed by atoms with Crippen LogP contribution in [0.15, 0.2) is 23.1 Å². The van der Waals surface area contributed by atoms with Gasteiger partial charge in [-0.05, 0) is 36.5 Å². The second-order valence-corrected chi connectivity index (χ2v) is 9.33. The fourth-order valence-corrected chi connectivity index (χ4v) is 5.42. The maximum absolute atomic E-state index is 12.2. The average molecular weight is 332 g/mol. The van der Waals surface area contributed by atoms with Gasteiger partial charge in [-0.15, -0.1) is 0 Å². The number of nitrogens with one attached hydrogen (secondary N) is 1. The first-order chi connectivity index (χ1) is 9.73. The molecule has 2 rings (SSSR count). The van der Waals surface area contributed by atoms with Crippen molar-refractivity contribution in [2.45, 2.75) is 24.7 Å². The minimum Gasteiger partial charge on any atom is -0.398 e. The van der Waals surface area contributed by atoms with Gasteiger partial charge in [0.1, 0.15) is 0 Å². The molecule has 1 fully saturated rings. The van der Waals surface area contributed by atoms with Crippen molar-refractivity contribution in [3.05, 3.63) is 23.8 Å². The number of hydrogen-bond donors (Lipinski definition) is 2. The quantitative estimate of drug-likeness (QED) is 0.766. The molecule has 1 atom stereocenters. The Labute approximate surface area is 125 Å². The van der Waals surface area contributed by atoms with Gasteiger partial charge in [-0.1, -0.05) is 13.0 Å². The van der Waals surface area contributed by atoms with Gasteiger partial charge in [0.05, 0.1) is 16.4 Å². The Kier molecular flexibility index (Phi) is 4.60. The Balaban J connectivity index is 2.07. The van der Waals surface area contributed by atoms with Gasteiger partial charge in [0, 0.05) is 12.2 Å². The van der Waals surface area contributed by atoms with Crippen molar-refractivity contribution in [3.63, 3.8) is 0 Å². The van der Waals surface area contributed by atoms with Crippen LogP contribution in [0.1, 0.15) is 18.9 Å². The molecule has 3 N–H and O–H groups in total. The molecule has 21 heavy (non-hydrogen) atoms. The van der Waals surface area contributed by atoms with Crippen LogP contribution in [0.2, 0.25) is 0 Å². The molecular formula is C13H20N2O4S2. The number of aryl methyl sites for hydroxylation is 1. The SMILES string of the molecule is CCc1ccc(S(=O)(=O)NCC2CCS(=O)(=O)C2)cc1N. The summed E-state index contributed by atoms with van der Waals surface area (Å²) in [5, 5.41) is 0. The van der Waals surface area contributed by atoms with Gasteiger partial charge in [-0.2, -0.15) is 0 Å². The summed E-state index contributed by atoms with van der Waals surface area (Å²) >= 11 is 0. The number of nitrogens with two attached hydrogens (primary N) is 1. The van der Waals surface area contributed by atoms with Crippen LogP contribution in [-0.2, 0) is 26.3 Å². The lowest BCUT2D eigenvalue weighted by Gasteiger charge is -2.12. The van der Waals surface area contributed by atoms with Crippen LogP contribution in [0.4, 0.5) is 5.69 Å². The summed E-state index contributed by atoms with van der Waals surface area (Å²) in [5.41, 5.74) is 7.16. The van der Waals surface area contributed by atoms with E-state index in [9.17, 15) is 16.8 Å². The lowest BCUT2D eigenvalue weighted by Crippen LogP contribution is -2.30. The third-order valence-electron chi connectivity index (χ3n) is 3.70. The van der Waals surface area contributed by atoms with Crippen molar-refractivity contribution in [1.82, 2.24) is 4.72 Å². The summed E-state index contributed by atoms with van der Waals surface area (Å²) in [5.74, 6) is 0.0290. The van der Waals surface area contributed by atoms with Crippen molar-refractivity contribution >= 4 is 25.5 Å². The number of rotatable bonds is 5. The fraction of sp³-hybridized carbons (Fsp3) is 0.538. The second kappa shape index (κ2) is 5.94. The third-order valence-corrected chi connectivity index (χ3v) is 6.96. The van der Waals surface area contributed by atoms with E-state index >= 15 is 0 Å². The smallest absolute Gasteiger partial charge is 0.240 e. The number of benzene rings is 1. The van der Waals surface area contributed by atoms with Gasteiger partial charge < -0.3 is 5.73 Å². The molecule has 1 aliphatic heterocycles. The largest absolute Gasteiger partial charge is 0.398 e. The Morgan fingerprint density at radius 2 is 2.10 bits per heavy atom. The van der Waals surface area contributed by atoms with Crippen molar-refractivity contribution in [1.29, 1.82) is 0 Å². The molecule has 1 aliphatic rings. The van der Waals surface area contributed by atoms with E-state index in [2.05, 4.69) is 4.72 Å². The molecule has 6 nitrogen and oxygen atoms in total. The highest BCUT2D eigenvalue weighted by Crippen LogP contribution is 2.20. The first-order valence-electron chi connectivity index (χ1n) is 6.82. The molecule has 1 saturated heterocycles. The minimum absolute atomic E-state index is 0.0480. The Hall–Kier alpha value is -1.12. The first kappa shape index (κ1) is 16.3. The summed E-state index contributed by atoms with van der Waals surface area (Å²) in [7, 11) is -6.66. The molecule has 1 unspecified atom stereocenters. The van der Waals surface area contributed by atoms with Crippen LogP contribution in [0.3, 0.4) is 0 Å². The normalized spacial score (nSPS) is 21.5. The van der Waals surface area contributed by atoms with E-state index in [-0.39, 0.29) is 28.9 Å². The highest BCUT2D eigenvalue weighted by Gasteiger charge is 2.29. The van der Waals surface area contributed by atoms with Crippen LogP contribution in [0, 0.1) is 5.92 Å². The Morgan fingerprint density at radius 1 is 1.38 bits per heavy atom. The van der Waals surface area contributed by atoms with E-state index in [1.807, 2.05) is 6.92 Å². The van der Waals surface area contributed by atoms with Gasteiger partial charge >= 0.3 is 0 Å². The molecule has 0 saturated carbocycles. The topological polar surface area (TPSA) is 106 Å². The summed E-state index contributed by atoms with van der Waals surface area (Å²) < 4.78 is 49.6. The van der Waals surface area contributed by atoms with Crippen LogP contribution < -0.4 is 10.5 Å². The molecule has 0 amide bonds. The fourth-order valence-electron chi connectivity index (χ4n) is 2.41. The summed E-state index contributed by atoms with van der Waals surface area (Å²) in [4.78, 5) is 0.109. The number of sulfone groups is 1. The molecule has 0 radical (unpaired) electrons. The number of nitrogen functional groups attached to an aromatic ring is 1. The van der Waals surface area contributed by atoms with E-state index in [1.165, 1.54) is 12.1 Å². The van der Waals surface area contributed by atoms with Gasteiger partial charge in [-0.25, -0.2) is 21.6 Å². The zero-order chi connectivity index (χ0) is 15.7. The lowest BCUT2D eigenvalue weighted by molar-refractivity contribution is 0.543. The third kappa shape index (κ3) is 3.96. The number of anilines is 1. The highest BCUT2D eigenvalue weighted by atomic mass is 32.2.